The molecule has 1 aliphatic rings. The molecule has 3 rings (SSSR count). The molecule has 7 heteroatoms. The maximum atomic E-state index is 13.0. The van der Waals surface area contributed by atoms with Gasteiger partial charge in [0.25, 0.3) is 12.3 Å². The Labute approximate surface area is 181 Å². The third-order valence-corrected chi connectivity index (χ3v) is 5.33. The van der Waals surface area contributed by atoms with Crippen molar-refractivity contribution in [1.29, 1.82) is 0 Å². The Morgan fingerprint density at radius 1 is 1.10 bits per heavy atom. The van der Waals surface area contributed by atoms with Crippen molar-refractivity contribution in [2.75, 3.05) is 11.9 Å². The predicted molar refractivity (Wildman–Crippen MR) is 118 cm³/mol. The lowest BCUT2D eigenvalue weighted by atomic mass is 9.99. The van der Waals surface area contributed by atoms with E-state index in [9.17, 15) is 18.4 Å². The highest BCUT2D eigenvalue weighted by molar-refractivity contribution is 6.20. The van der Waals surface area contributed by atoms with Crippen molar-refractivity contribution in [2.24, 2.45) is 4.99 Å². The van der Waals surface area contributed by atoms with Crippen LogP contribution < -0.4 is 10.2 Å². The second kappa shape index (κ2) is 10.3. The molecule has 0 saturated heterocycles. The van der Waals surface area contributed by atoms with Crippen molar-refractivity contribution in [2.45, 2.75) is 51.6 Å². The summed E-state index contributed by atoms with van der Waals surface area (Å²) >= 11 is 0. The van der Waals surface area contributed by atoms with E-state index in [0.29, 0.717) is 28.9 Å². The van der Waals surface area contributed by atoms with E-state index in [1.807, 2.05) is 18.2 Å². The van der Waals surface area contributed by atoms with Crippen molar-refractivity contribution >= 4 is 23.2 Å². The Hall–Kier alpha value is -3.09. The van der Waals surface area contributed by atoms with Gasteiger partial charge >= 0.3 is 0 Å². The van der Waals surface area contributed by atoms with Crippen LogP contribution in [-0.4, -0.2) is 30.7 Å². The first-order valence-electron chi connectivity index (χ1n) is 10.5. The van der Waals surface area contributed by atoms with Gasteiger partial charge in [-0.05, 0) is 12.5 Å². The number of nitrogens with zero attached hydrogens (tertiary/aromatic N) is 2. The average molecular weight is 427 g/mol. The number of aliphatic imine (C=N–C) groups is 1. The maximum absolute atomic E-state index is 13.0. The first kappa shape index (κ1) is 22.6. The normalized spacial score (nSPS) is 16.0. The summed E-state index contributed by atoms with van der Waals surface area (Å²) in [4.78, 5) is 31.5. The smallest absolute Gasteiger partial charge is 0.272 e. The number of para-hydroxylation sites is 1. The molecule has 0 aromatic heterocycles. The van der Waals surface area contributed by atoms with Crippen molar-refractivity contribution in [3.8, 4) is 0 Å². The van der Waals surface area contributed by atoms with Crippen molar-refractivity contribution < 1.29 is 18.4 Å². The van der Waals surface area contributed by atoms with Crippen LogP contribution in [0.15, 0.2) is 53.5 Å². The number of hydrogen-bond acceptors (Lipinski definition) is 3. The molecule has 5 nitrogen and oxygen atoms in total. The third kappa shape index (κ3) is 5.34. The number of nitrogens with one attached hydrogen (secondary N) is 1. The molecular weight excluding hydrogens is 400 g/mol. The van der Waals surface area contributed by atoms with E-state index in [2.05, 4.69) is 17.2 Å². The second-order valence-corrected chi connectivity index (χ2v) is 7.60. The number of benzene rings is 2. The van der Waals surface area contributed by atoms with Gasteiger partial charge in [-0.1, -0.05) is 68.7 Å². The molecule has 1 heterocycles. The highest BCUT2D eigenvalue weighted by atomic mass is 19.3. The van der Waals surface area contributed by atoms with E-state index in [1.165, 1.54) is 17.0 Å². The van der Waals surface area contributed by atoms with E-state index in [-0.39, 0.29) is 17.4 Å². The zero-order chi connectivity index (χ0) is 22.4. The van der Waals surface area contributed by atoms with Crippen LogP contribution in [0.25, 0.3) is 0 Å². The molecule has 2 amide bonds. The van der Waals surface area contributed by atoms with Gasteiger partial charge in [0.1, 0.15) is 0 Å². The van der Waals surface area contributed by atoms with E-state index in [4.69, 9.17) is 0 Å². The van der Waals surface area contributed by atoms with Crippen LogP contribution in [-0.2, 0) is 9.59 Å². The number of hydrogen-bond donors (Lipinski definition) is 1. The van der Waals surface area contributed by atoms with Gasteiger partial charge in [0.15, 0.2) is 0 Å². The quantitative estimate of drug-likeness (QED) is 0.612. The summed E-state index contributed by atoms with van der Waals surface area (Å²) < 4.78 is 25.9. The van der Waals surface area contributed by atoms with Gasteiger partial charge in [-0.3, -0.25) is 9.59 Å². The Morgan fingerprint density at radius 2 is 1.81 bits per heavy atom. The summed E-state index contributed by atoms with van der Waals surface area (Å²) in [5.74, 6) is -0.585. The molecular formula is C24H27F2N3O2. The van der Waals surface area contributed by atoms with Crippen molar-refractivity contribution in [3.63, 3.8) is 0 Å². The number of likely N-dealkylation sites (N-methyl/N-ethyl adjacent to an activating group) is 1. The highest BCUT2D eigenvalue weighted by Gasteiger charge is 2.30. The SMILES string of the molecule is CCCCCCC(=O)NC1N=C(c2ccc(C(F)F)cc2)c2ccccc2N(C)C1=O. The number of unbranched alkanes of at least 4 members (excludes halogenated alkanes) is 3. The zero-order valence-corrected chi connectivity index (χ0v) is 17.8. The Bertz CT molecular complexity index is 958. The molecule has 164 valence electrons. The summed E-state index contributed by atoms with van der Waals surface area (Å²) in [5, 5.41) is 2.74. The van der Waals surface area contributed by atoms with Gasteiger partial charge < -0.3 is 10.2 Å². The monoisotopic (exact) mass is 427 g/mol. The summed E-state index contributed by atoms with van der Waals surface area (Å²) in [7, 11) is 1.64. The fraction of sp³-hybridized carbons (Fsp3) is 0.375. The number of halogens is 2. The molecule has 0 spiro atoms. The minimum absolute atomic E-state index is 0.0867. The number of amides is 2. The van der Waals surface area contributed by atoms with Crippen LogP contribution in [0.4, 0.5) is 14.5 Å². The Morgan fingerprint density at radius 3 is 2.48 bits per heavy atom. The molecule has 0 bridgehead atoms. The maximum Gasteiger partial charge on any atom is 0.272 e. The molecule has 1 unspecified atom stereocenters. The molecule has 2 aromatic carbocycles. The number of carbonyl (C=O) groups is 2. The second-order valence-electron chi connectivity index (χ2n) is 7.60. The van der Waals surface area contributed by atoms with Gasteiger partial charge in [-0.15, -0.1) is 0 Å². The Balaban J connectivity index is 1.94. The summed E-state index contributed by atoms with van der Waals surface area (Å²) in [5.41, 5.74) is 2.33. The highest BCUT2D eigenvalue weighted by Crippen LogP contribution is 2.28. The lowest BCUT2D eigenvalue weighted by Crippen LogP contribution is -2.46. The first-order chi connectivity index (χ1) is 14.9. The molecule has 0 fully saturated rings. The molecule has 1 N–H and O–H groups in total. The number of alkyl halides is 2. The van der Waals surface area contributed by atoms with E-state index >= 15 is 0 Å². The Kier molecular flexibility index (Phi) is 7.50. The van der Waals surface area contributed by atoms with Gasteiger partial charge in [0, 0.05) is 30.2 Å². The fourth-order valence-corrected chi connectivity index (χ4v) is 3.57. The molecule has 2 aromatic rings. The van der Waals surface area contributed by atoms with Gasteiger partial charge in [-0.2, -0.15) is 0 Å². The molecule has 1 aliphatic heterocycles. The first-order valence-corrected chi connectivity index (χ1v) is 10.5. The number of benzodiazepines with no additional fused rings is 1. The van der Waals surface area contributed by atoms with Crippen molar-refractivity contribution in [3.05, 3.63) is 65.2 Å². The van der Waals surface area contributed by atoms with Crippen LogP contribution in [0.5, 0.6) is 0 Å². The van der Waals surface area contributed by atoms with Gasteiger partial charge in [0.2, 0.25) is 12.1 Å². The number of rotatable bonds is 8. The topological polar surface area (TPSA) is 61.8 Å². The number of carbonyl (C=O) groups excluding carboxylic acids is 2. The molecule has 31 heavy (non-hydrogen) atoms. The lowest BCUT2D eigenvalue weighted by Gasteiger charge is -2.20. The fourth-order valence-electron chi connectivity index (χ4n) is 3.57. The van der Waals surface area contributed by atoms with Crippen LogP contribution in [0.3, 0.4) is 0 Å². The summed E-state index contributed by atoms with van der Waals surface area (Å²) in [6.07, 6.45) is 0.523. The van der Waals surface area contributed by atoms with Gasteiger partial charge in [0.05, 0.1) is 11.4 Å². The van der Waals surface area contributed by atoms with Crippen LogP contribution >= 0.6 is 0 Å². The third-order valence-electron chi connectivity index (χ3n) is 5.33. The van der Waals surface area contributed by atoms with E-state index < -0.39 is 12.6 Å². The largest absolute Gasteiger partial charge is 0.327 e. The minimum Gasteiger partial charge on any atom is -0.327 e. The minimum atomic E-state index is -2.56. The molecule has 0 aliphatic carbocycles. The van der Waals surface area contributed by atoms with Crippen molar-refractivity contribution in [1.82, 2.24) is 5.32 Å². The van der Waals surface area contributed by atoms with Gasteiger partial charge in [-0.25, -0.2) is 13.8 Å². The molecule has 1 atom stereocenters. The molecule has 0 radical (unpaired) electrons. The standard InChI is InChI=1S/C24H27F2N3O2/c1-3-4-5-6-11-20(30)27-23-24(31)29(2)19-10-8-7-9-18(19)21(28-23)16-12-14-17(15-13-16)22(25)26/h7-10,12-15,22-23H,3-6,11H2,1-2H3,(H,27,30). The zero-order valence-electron chi connectivity index (χ0n) is 17.8. The van der Waals surface area contributed by atoms with Crippen LogP contribution in [0.1, 0.15) is 62.1 Å². The van der Waals surface area contributed by atoms with E-state index in [1.54, 1.807) is 25.2 Å². The molecule has 0 saturated carbocycles. The van der Waals surface area contributed by atoms with Crippen LogP contribution in [0.2, 0.25) is 0 Å². The predicted octanol–water partition coefficient (Wildman–Crippen LogP) is 4.85. The number of anilines is 1. The average Bonchev–Trinajstić information content (AvgIpc) is 2.87. The number of fused-ring (bicyclic) bond motifs is 1. The summed E-state index contributed by atoms with van der Waals surface area (Å²) in [6.45, 7) is 2.10. The van der Waals surface area contributed by atoms with Crippen LogP contribution in [0, 0.1) is 0 Å². The summed E-state index contributed by atoms with van der Waals surface area (Å²) in [6, 6.07) is 13.1. The van der Waals surface area contributed by atoms with E-state index in [0.717, 1.165) is 25.7 Å². The lowest BCUT2D eigenvalue weighted by molar-refractivity contribution is -0.127.